The minimum absolute atomic E-state index is 0.00356. The number of unbranched alkanes of at least 4 members (excludes halogenated alkanes) is 1. The molecule has 0 bridgehead atoms. The van der Waals surface area contributed by atoms with Gasteiger partial charge in [-0.2, -0.15) is 0 Å². The molecule has 0 aromatic heterocycles. The molecule has 1 aliphatic rings. The largest absolute Gasteiger partial charge is 0.494 e. The van der Waals surface area contributed by atoms with E-state index in [2.05, 4.69) is 6.92 Å². The molecular formula is C20H21Cl2NO2S. The third-order valence-electron chi connectivity index (χ3n) is 4.27. The normalized spacial score (nSPS) is 16.7. The van der Waals surface area contributed by atoms with Gasteiger partial charge in [0.25, 0.3) is 5.91 Å². The minimum atomic E-state index is -0.116. The molecule has 3 nitrogen and oxygen atoms in total. The Kier molecular flexibility index (Phi) is 6.74. The van der Waals surface area contributed by atoms with E-state index in [-0.39, 0.29) is 11.3 Å². The van der Waals surface area contributed by atoms with Gasteiger partial charge in [0.1, 0.15) is 11.1 Å². The van der Waals surface area contributed by atoms with Gasteiger partial charge < -0.3 is 9.64 Å². The van der Waals surface area contributed by atoms with Crippen LogP contribution in [0.5, 0.6) is 5.75 Å². The summed E-state index contributed by atoms with van der Waals surface area (Å²) in [4.78, 5) is 14.9. The molecule has 1 unspecified atom stereocenters. The van der Waals surface area contributed by atoms with Crippen molar-refractivity contribution >= 4 is 40.9 Å². The number of hydrogen-bond donors (Lipinski definition) is 0. The summed E-state index contributed by atoms with van der Waals surface area (Å²) >= 11 is 14.2. The van der Waals surface area contributed by atoms with Gasteiger partial charge in [0.15, 0.2) is 0 Å². The van der Waals surface area contributed by atoms with E-state index in [1.807, 2.05) is 41.3 Å². The van der Waals surface area contributed by atoms with Gasteiger partial charge >= 0.3 is 0 Å². The predicted molar refractivity (Wildman–Crippen MR) is 110 cm³/mol. The predicted octanol–water partition coefficient (Wildman–Crippen LogP) is 6.06. The lowest BCUT2D eigenvalue weighted by atomic mass is 10.1. The number of carbonyl (C=O) groups excluding carboxylic acids is 1. The number of halogens is 2. The van der Waals surface area contributed by atoms with Crippen LogP contribution in [0.25, 0.3) is 0 Å². The molecular weight excluding hydrogens is 389 g/mol. The van der Waals surface area contributed by atoms with Crippen LogP contribution in [-0.4, -0.2) is 29.7 Å². The van der Waals surface area contributed by atoms with E-state index in [4.69, 9.17) is 27.9 Å². The molecule has 1 atom stereocenters. The first-order valence-electron chi connectivity index (χ1n) is 8.71. The first-order valence-corrected chi connectivity index (χ1v) is 10.5. The number of amides is 1. The fourth-order valence-electron chi connectivity index (χ4n) is 2.84. The molecule has 0 saturated carbocycles. The number of carbonyl (C=O) groups is 1. The van der Waals surface area contributed by atoms with Gasteiger partial charge in [0.2, 0.25) is 0 Å². The molecule has 1 heterocycles. The summed E-state index contributed by atoms with van der Waals surface area (Å²) in [5, 5.41) is 0.915. The molecule has 0 spiro atoms. The highest BCUT2D eigenvalue weighted by Gasteiger charge is 2.32. The maximum absolute atomic E-state index is 13.0. The van der Waals surface area contributed by atoms with Gasteiger partial charge in [-0.1, -0.05) is 48.7 Å². The number of rotatable bonds is 6. The van der Waals surface area contributed by atoms with Crippen molar-refractivity contribution in [3.63, 3.8) is 0 Å². The number of nitrogens with zero attached hydrogens (tertiary/aromatic N) is 1. The van der Waals surface area contributed by atoms with Crippen LogP contribution in [0.2, 0.25) is 10.0 Å². The Labute approximate surface area is 168 Å². The summed E-state index contributed by atoms with van der Waals surface area (Å²) in [6, 6.07) is 12.9. The van der Waals surface area contributed by atoms with E-state index >= 15 is 0 Å². The minimum Gasteiger partial charge on any atom is -0.494 e. The SMILES string of the molecule is CCCCOc1ccc(C(=O)N2CCSC2c2cccc(Cl)c2Cl)cc1. The smallest absolute Gasteiger partial charge is 0.255 e. The maximum atomic E-state index is 13.0. The van der Waals surface area contributed by atoms with E-state index in [1.165, 1.54) is 0 Å². The van der Waals surface area contributed by atoms with Gasteiger partial charge in [0, 0.05) is 23.4 Å². The number of hydrogen-bond acceptors (Lipinski definition) is 3. The molecule has 3 rings (SSSR count). The summed E-state index contributed by atoms with van der Waals surface area (Å²) in [7, 11) is 0. The van der Waals surface area contributed by atoms with E-state index in [9.17, 15) is 4.79 Å². The van der Waals surface area contributed by atoms with Gasteiger partial charge in [-0.15, -0.1) is 11.8 Å². The monoisotopic (exact) mass is 409 g/mol. The van der Waals surface area contributed by atoms with Crippen LogP contribution in [0.1, 0.15) is 41.1 Å². The third kappa shape index (κ3) is 4.30. The molecule has 26 heavy (non-hydrogen) atoms. The quantitative estimate of drug-likeness (QED) is 0.542. The van der Waals surface area contributed by atoms with Crippen LogP contribution in [0.15, 0.2) is 42.5 Å². The fraction of sp³-hybridized carbons (Fsp3) is 0.350. The Hall–Kier alpha value is -1.36. The van der Waals surface area contributed by atoms with Crippen molar-refractivity contribution in [1.82, 2.24) is 4.90 Å². The van der Waals surface area contributed by atoms with Crippen molar-refractivity contribution in [3.05, 3.63) is 63.6 Å². The highest BCUT2D eigenvalue weighted by Crippen LogP contribution is 2.43. The van der Waals surface area contributed by atoms with Crippen LogP contribution in [0.3, 0.4) is 0 Å². The molecule has 138 valence electrons. The Balaban J connectivity index is 1.75. The standard InChI is InChI=1S/C20H21Cl2NO2S/c1-2-3-12-25-15-9-7-14(8-10-15)19(24)23-11-13-26-20(23)16-5-4-6-17(21)18(16)22/h4-10,20H,2-3,11-13H2,1H3. The van der Waals surface area contributed by atoms with Gasteiger partial charge in [-0.25, -0.2) is 0 Å². The fourth-order valence-corrected chi connectivity index (χ4v) is 4.60. The topological polar surface area (TPSA) is 29.5 Å². The first-order chi connectivity index (χ1) is 12.6. The number of benzene rings is 2. The van der Waals surface area contributed by atoms with Crippen LogP contribution in [0.4, 0.5) is 0 Å². The average Bonchev–Trinajstić information content (AvgIpc) is 3.14. The molecule has 1 fully saturated rings. The van der Waals surface area contributed by atoms with Gasteiger partial charge in [-0.3, -0.25) is 4.79 Å². The van der Waals surface area contributed by atoms with Crippen molar-refractivity contribution in [3.8, 4) is 5.75 Å². The number of ether oxygens (including phenoxy) is 1. The molecule has 0 radical (unpaired) electrons. The second kappa shape index (κ2) is 9.03. The van der Waals surface area contributed by atoms with Crippen molar-refractivity contribution < 1.29 is 9.53 Å². The zero-order valence-corrected chi connectivity index (χ0v) is 16.9. The summed E-state index contributed by atoms with van der Waals surface area (Å²) in [5.74, 6) is 1.66. The Morgan fingerprint density at radius 3 is 2.73 bits per heavy atom. The lowest BCUT2D eigenvalue weighted by Crippen LogP contribution is -2.30. The summed E-state index contributed by atoms with van der Waals surface area (Å²) in [5.41, 5.74) is 1.54. The molecule has 6 heteroatoms. The van der Waals surface area contributed by atoms with Crippen molar-refractivity contribution in [2.45, 2.75) is 25.1 Å². The highest BCUT2D eigenvalue weighted by atomic mass is 35.5. The second-order valence-corrected chi connectivity index (χ2v) is 8.06. The lowest BCUT2D eigenvalue weighted by molar-refractivity contribution is 0.0760. The summed E-state index contributed by atoms with van der Waals surface area (Å²) < 4.78 is 5.66. The van der Waals surface area contributed by atoms with E-state index in [0.717, 1.165) is 29.9 Å². The van der Waals surface area contributed by atoms with Crippen LogP contribution in [0, 0.1) is 0 Å². The average molecular weight is 410 g/mol. The second-order valence-electron chi connectivity index (χ2n) is 6.09. The summed E-state index contributed by atoms with van der Waals surface area (Å²) in [6.07, 6.45) is 2.12. The lowest BCUT2D eigenvalue weighted by Gasteiger charge is -2.25. The third-order valence-corrected chi connectivity index (χ3v) is 6.34. The molecule has 1 saturated heterocycles. The highest BCUT2D eigenvalue weighted by molar-refractivity contribution is 7.99. The van der Waals surface area contributed by atoms with Crippen molar-refractivity contribution in [2.75, 3.05) is 18.9 Å². The zero-order chi connectivity index (χ0) is 18.5. The van der Waals surface area contributed by atoms with Gasteiger partial charge in [0.05, 0.1) is 16.7 Å². The van der Waals surface area contributed by atoms with Crippen LogP contribution >= 0.6 is 35.0 Å². The Morgan fingerprint density at radius 1 is 1.23 bits per heavy atom. The molecule has 1 aliphatic heterocycles. The van der Waals surface area contributed by atoms with Crippen molar-refractivity contribution in [2.24, 2.45) is 0 Å². The van der Waals surface area contributed by atoms with Crippen molar-refractivity contribution in [1.29, 1.82) is 0 Å². The van der Waals surface area contributed by atoms with Gasteiger partial charge in [-0.05, 0) is 36.8 Å². The molecule has 2 aromatic rings. The van der Waals surface area contributed by atoms with E-state index < -0.39 is 0 Å². The Morgan fingerprint density at radius 2 is 2.00 bits per heavy atom. The van der Waals surface area contributed by atoms with Crippen LogP contribution in [-0.2, 0) is 0 Å². The van der Waals surface area contributed by atoms with E-state index in [0.29, 0.717) is 28.8 Å². The Bertz CT molecular complexity index is 767. The number of thioether (sulfide) groups is 1. The molecule has 0 N–H and O–H groups in total. The zero-order valence-electron chi connectivity index (χ0n) is 14.6. The molecule has 2 aromatic carbocycles. The molecule has 0 aliphatic carbocycles. The van der Waals surface area contributed by atoms with Crippen LogP contribution < -0.4 is 4.74 Å². The van der Waals surface area contributed by atoms with E-state index in [1.54, 1.807) is 17.8 Å². The molecule has 1 amide bonds. The first kappa shape index (κ1) is 19.4. The maximum Gasteiger partial charge on any atom is 0.255 e. The summed E-state index contributed by atoms with van der Waals surface area (Å²) in [6.45, 7) is 3.51.